The largest absolute Gasteiger partial charge is 0.872 e. The monoisotopic (exact) mass is 271 g/mol. The fourth-order valence-corrected chi connectivity index (χ4v) is 1.68. The first-order chi connectivity index (χ1) is 9.58. The zero-order valence-corrected chi connectivity index (χ0v) is 10.4. The molecule has 0 saturated carbocycles. The maximum atomic E-state index is 11.8. The van der Waals surface area contributed by atoms with Gasteiger partial charge in [0.1, 0.15) is 0 Å². The summed E-state index contributed by atoms with van der Waals surface area (Å²) in [6, 6.07) is 12.0. The van der Waals surface area contributed by atoms with Gasteiger partial charge in [0.2, 0.25) is 0 Å². The first-order valence-electron chi connectivity index (χ1n) is 5.85. The quantitative estimate of drug-likeness (QED) is 0.674. The maximum absolute atomic E-state index is 11.8. The minimum absolute atomic E-state index is 0.0474. The number of nitro benzene ring substituents is 1. The lowest BCUT2D eigenvalue weighted by Gasteiger charge is -2.13. The Labute approximate surface area is 114 Å². The molecule has 1 amide bonds. The molecule has 2 aromatic carbocycles. The van der Waals surface area contributed by atoms with E-state index in [1.54, 1.807) is 30.3 Å². The number of nitrogens with one attached hydrogen (secondary N) is 1. The summed E-state index contributed by atoms with van der Waals surface area (Å²) >= 11 is 0. The lowest BCUT2D eigenvalue weighted by Crippen LogP contribution is -2.23. The molecule has 1 N–H and O–H groups in total. The topological polar surface area (TPSA) is 95.3 Å². The number of carbonyl (C=O) groups excluding carboxylic acids is 1. The zero-order chi connectivity index (χ0) is 14.5. The molecule has 0 heterocycles. The Bertz CT molecular complexity index is 641. The van der Waals surface area contributed by atoms with Gasteiger partial charge < -0.3 is 10.4 Å². The van der Waals surface area contributed by atoms with Crippen molar-refractivity contribution < 1.29 is 14.8 Å². The lowest BCUT2D eigenvalue weighted by atomic mass is 10.1. The van der Waals surface area contributed by atoms with Crippen LogP contribution in [0.25, 0.3) is 0 Å². The molecule has 0 aliphatic heterocycles. The van der Waals surface area contributed by atoms with Gasteiger partial charge in [0.05, 0.1) is 4.92 Å². The molecule has 102 valence electrons. The Morgan fingerprint density at radius 1 is 1.15 bits per heavy atom. The van der Waals surface area contributed by atoms with Crippen LogP contribution < -0.4 is 10.4 Å². The van der Waals surface area contributed by atoms with Crippen LogP contribution in [0.1, 0.15) is 15.9 Å². The Morgan fingerprint density at radius 2 is 1.85 bits per heavy atom. The molecule has 6 heteroatoms. The molecule has 0 unspecified atom stereocenters. The Hall–Kier alpha value is -2.89. The van der Waals surface area contributed by atoms with E-state index in [2.05, 4.69) is 5.32 Å². The number of carbonyl (C=O) groups is 1. The molecule has 0 fully saturated rings. The van der Waals surface area contributed by atoms with Crippen LogP contribution in [0.2, 0.25) is 0 Å². The standard InChI is InChI=1S/C14H12N2O4/c17-13-7-6-12(16(19)20)8-11(13)9-15-14(18)10-4-2-1-3-5-10/h1-8,17H,9H2,(H,15,18)/p-1. The Kier molecular flexibility index (Phi) is 3.95. The van der Waals surface area contributed by atoms with E-state index in [0.717, 1.165) is 12.1 Å². The second-order valence-electron chi connectivity index (χ2n) is 4.10. The van der Waals surface area contributed by atoms with Crippen molar-refractivity contribution in [3.8, 4) is 5.75 Å². The highest BCUT2D eigenvalue weighted by molar-refractivity contribution is 5.94. The number of non-ortho nitro benzene ring substituents is 1. The van der Waals surface area contributed by atoms with E-state index in [-0.39, 0.29) is 29.5 Å². The summed E-state index contributed by atoms with van der Waals surface area (Å²) < 4.78 is 0. The molecule has 0 aliphatic rings. The first kappa shape index (κ1) is 13.5. The van der Waals surface area contributed by atoms with Gasteiger partial charge in [0, 0.05) is 24.2 Å². The van der Waals surface area contributed by atoms with Crippen molar-refractivity contribution in [2.75, 3.05) is 0 Å². The summed E-state index contributed by atoms with van der Waals surface area (Å²) in [6.07, 6.45) is 0. The zero-order valence-electron chi connectivity index (χ0n) is 10.4. The fraction of sp³-hybridized carbons (Fsp3) is 0.0714. The predicted octanol–water partition coefficient (Wildman–Crippen LogP) is 1.60. The Balaban J connectivity index is 2.09. The first-order valence-corrected chi connectivity index (χ1v) is 5.85. The molecular weight excluding hydrogens is 260 g/mol. The van der Waals surface area contributed by atoms with Crippen LogP contribution in [0, 0.1) is 10.1 Å². The average molecular weight is 271 g/mol. The number of benzene rings is 2. The van der Waals surface area contributed by atoms with Crippen molar-refractivity contribution in [1.29, 1.82) is 0 Å². The Morgan fingerprint density at radius 3 is 2.50 bits per heavy atom. The lowest BCUT2D eigenvalue weighted by molar-refractivity contribution is -0.385. The number of hydrogen-bond donors (Lipinski definition) is 1. The van der Waals surface area contributed by atoms with E-state index in [0.29, 0.717) is 5.56 Å². The third kappa shape index (κ3) is 3.11. The average Bonchev–Trinajstić information content (AvgIpc) is 2.46. The van der Waals surface area contributed by atoms with E-state index < -0.39 is 4.92 Å². The molecule has 20 heavy (non-hydrogen) atoms. The normalized spacial score (nSPS) is 10.0. The minimum Gasteiger partial charge on any atom is -0.872 e. The smallest absolute Gasteiger partial charge is 0.269 e. The van der Waals surface area contributed by atoms with E-state index >= 15 is 0 Å². The van der Waals surface area contributed by atoms with Gasteiger partial charge in [-0.15, -0.1) is 5.75 Å². The number of hydrogen-bond acceptors (Lipinski definition) is 4. The van der Waals surface area contributed by atoms with Crippen LogP contribution in [0.4, 0.5) is 5.69 Å². The molecule has 2 rings (SSSR count). The summed E-state index contributed by atoms with van der Waals surface area (Å²) in [4.78, 5) is 21.9. The van der Waals surface area contributed by atoms with Gasteiger partial charge in [-0.05, 0) is 17.7 Å². The molecule has 0 aliphatic carbocycles. The second-order valence-corrected chi connectivity index (χ2v) is 4.10. The summed E-state index contributed by atoms with van der Waals surface area (Å²) in [6.45, 7) is -0.0474. The van der Waals surface area contributed by atoms with Crippen molar-refractivity contribution in [2.24, 2.45) is 0 Å². The molecule has 0 aromatic heterocycles. The summed E-state index contributed by atoms with van der Waals surface area (Å²) in [5, 5.41) is 24.8. The fourth-order valence-electron chi connectivity index (χ4n) is 1.68. The van der Waals surface area contributed by atoms with Gasteiger partial charge in [-0.25, -0.2) is 0 Å². The highest BCUT2D eigenvalue weighted by Crippen LogP contribution is 2.20. The molecular formula is C14H11N2O4-. The van der Waals surface area contributed by atoms with Crippen molar-refractivity contribution in [1.82, 2.24) is 5.32 Å². The molecule has 0 spiro atoms. The van der Waals surface area contributed by atoms with Crippen LogP contribution in [0.15, 0.2) is 48.5 Å². The van der Waals surface area contributed by atoms with Gasteiger partial charge in [-0.3, -0.25) is 14.9 Å². The van der Waals surface area contributed by atoms with Gasteiger partial charge in [0.15, 0.2) is 0 Å². The third-order valence-corrected chi connectivity index (χ3v) is 2.73. The second kappa shape index (κ2) is 5.83. The summed E-state index contributed by atoms with van der Waals surface area (Å²) in [5.74, 6) is -0.680. The van der Waals surface area contributed by atoms with Crippen LogP contribution in [-0.4, -0.2) is 10.8 Å². The molecule has 2 aromatic rings. The SMILES string of the molecule is O=C(NCc1cc([N+](=O)[O-])ccc1[O-])c1ccccc1. The van der Waals surface area contributed by atoms with Gasteiger partial charge in [-0.1, -0.05) is 24.3 Å². The van der Waals surface area contributed by atoms with Crippen molar-refractivity contribution in [3.05, 3.63) is 69.8 Å². The van der Waals surface area contributed by atoms with Crippen molar-refractivity contribution in [2.45, 2.75) is 6.54 Å². The van der Waals surface area contributed by atoms with Crippen LogP contribution >= 0.6 is 0 Å². The molecule has 0 atom stereocenters. The van der Waals surface area contributed by atoms with Gasteiger partial charge in [-0.2, -0.15) is 0 Å². The predicted molar refractivity (Wildman–Crippen MR) is 70.2 cm³/mol. The summed E-state index contributed by atoms with van der Waals surface area (Å²) in [5.41, 5.74) is 0.474. The number of nitrogens with zero attached hydrogens (tertiary/aromatic N) is 1. The van der Waals surface area contributed by atoms with E-state index in [1.807, 2.05) is 0 Å². The van der Waals surface area contributed by atoms with Gasteiger partial charge in [0.25, 0.3) is 11.6 Å². The third-order valence-electron chi connectivity index (χ3n) is 2.73. The van der Waals surface area contributed by atoms with Crippen molar-refractivity contribution >= 4 is 11.6 Å². The maximum Gasteiger partial charge on any atom is 0.269 e. The minimum atomic E-state index is -0.581. The van der Waals surface area contributed by atoms with E-state index in [9.17, 15) is 20.0 Å². The number of amides is 1. The number of nitro groups is 1. The molecule has 0 saturated heterocycles. The van der Waals surface area contributed by atoms with Crippen molar-refractivity contribution in [3.63, 3.8) is 0 Å². The number of rotatable bonds is 4. The molecule has 0 bridgehead atoms. The highest BCUT2D eigenvalue weighted by atomic mass is 16.6. The van der Waals surface area contributed by atoms with E-state index in [1.165, 1.54) is 6.07 Å². The van der Waals surface area contributed by atoms with E-state index in [4.69, 9.17) is 0 Å². The van der Waals surface area contributed by atoms with Crippen LogP contribution in [-0.2, 0) is 6.54 Å². The molecule has 0 radical (unpaired) electrons. The summed E-state index contributed by atoms with van der Waals surface area (Å²) in [7, 11) is 0. The van der Waals surface area contributed by atoms with Crippen LogP contribution in [0.3, 0.4) is 0 Å². The molecule has 6 nitrogen and oxygen atoms in total. The van der Waals surface area contributed by atoms with Gasteiger partial charge >= 0.3 is 0 Å². The highest BCUT2D eigenvalue weighted by Gasteiger charge is 2.08. The van der Waals surface area contributed by atoms with Crippen LogP contribution in [0.5, 0.6) is 5.75 Å².